The summed E-state index contributed by atoms with van der Waals surface area (Å²) in [7, 11) is 1.98. The van der Waals surface area contributed by atoms with E-state index < -0.39 is 34.6 Å². The van der Waals surface area contributed by atoms with E-state index in [0.29, 0.717) is 5.52 Å². The Morgan fingerprint density at radius 3 is 1.89 bits per heavy atom. The lowest BCUT2D eigenvalue weighted by Gasteiger charge is -2.24. The van der Waals surface area contributed by atoms with Crippen molar-refractivity contribution in [2.45, 2.75) is 33.1 Å². The number of para-hydroxylation sites is 1. The van der Waals surface area contributed by atoms with E-state index >= 15 is 8.78 Å². The van der Waals surface area contributed by atoms with Crippen LogP contribution in [0.5, 0.6) is 0 Å². The molecule has 230 valence electrons. The summed E-state index contributed by atoms with van der Waals surface area (Å²) < 4.78 is 76.6. The minimum Gasteiger partial charge on any atom is -0.303 e. The SMILES string of the molecule is Cc1c(-c2c3c(cc[n+]2C)c2ccc(-c4c(F)c(F)c(F)c(F)c4F)cc2n3-c2ccccc2)cc(C(C)(C)C)c2ccccc12. The molecule has 0 aliphatic carbocycles. The van der Waals surface area contributed by atoms with Crippen LogP contribution >= 0.6 is 0 Å². The van der Waals surface area contributed by atoms with Gasteiger partial charge in [-0.3, -0.25) is 0 Å². The Bertz CT molecular complexity index is 2340. The van der Waals surface area contributed by atoms with Gasteiger partial charge in [0.25, 0.3) is 0 Å². The Morgan fingerprint density at radius 1 is 0.630 bits per heavy atom. The van der Waals surface area contributed by atoms with Gasteiger partial charge in [0, 0.05) is 22.5 Å². The summed E-state index contributed by atoms with van der Waals surface area (Å²) in [6.07, 6.45) is 1.98. The summed E-state index contributed by atoms with van der Waals surface area (Å²) in [6, 6.07) is 26.7. The maximum Gasteiger partial charge on any atom is 0.237 e. The molecule has 0 fully saturated rings. The highest BCUT2D eigenvalue weighted by Gasteiger charge is 2.30. The summed E-state index contributed by atoms with van der Waals surface area (Å²) in [4.78, 5) is 0. The maximum absolute atomic E-state index is 15.0. The third-order valence-corrected chi connectivity index (χ3v) is 8.94. The zero-order chi connectivity index (χ0) is 32.7. The van der Waals surface area contributed by atoms with Crippen molar-refractivity contribution in [3.63, 3.8) is 0 Å². The van der Waals surface area contributed by atoms with E-state index in [0.717, 1.165) is 44.2 Å². The van der Waals surface area contributed by atoms with E-state index in [4.69, 9.17) is 0 Å². The molecular formula is C39H30F5N2+. The van der Waals surface area contributed by atoms with Gasteiger partial charge in [0.1, 0.15) is 12.6 Å². The molecular weight excluding hydrogens is 591 g/mol. The summed E-state index contributed by atoms with van der Waals surface area (Å²) in [5.41, 5.74) is 5.17. The fraction of sp³-hybridized carbons (Fsp3) is 0.154. The van der Waals surface area contributed by atoms with Crippen molar-refractivity contribution in [3.05, 3.63) is 131 Å². The molecule has 2 aromatic heterocycles. The van der Waals surface area contributed by atoms with Crippen molar-refractivity contribution in [3.8, 4) is 28.1 Å². The Hall–Kier alpha value is -5.04. The first-order chi connectivity index (χ1) is 21.9. The fourth-order valence-electron chi connectivity index (χ4n) is 6.71. The third-order valence-electron chi connectivity index (χ3n) is 8.94. The van der Waals surface area contributed by atoms with E-state index in [2.05, 4.69) is 50.5 Å². The number of pyridine rings is 1. The molecule has 0 atom stereocenters. The minimum atomic E-state index is -2.18. The topological polar surface area (TPSA) is 8.81 Å². The number of hydrogen-bond acceptors (Lipinski definition) is 0. The van der Waals surface area contributed by atoms with Gasteiger partial charge in [0.05, 0.1) is 16.6 Å². The van der Waals surface area contributed by atoms with Crippen LogP contribution in [-0.2, 0) is 12.5 Å². The lowest BCUT2D eigenvalue weighted by molar-refractivity contribution is -0.659. The molecule has 0 spiro atoms. The molecule has 0 radical (unpaired) electrons. The highest BCUT2D eigenvalue weighted by atomic mass is 19.2. The molecule has 7 heteroatoms. The predicted molar refractivity (Wildman–Crippen MR) is 174 cm³/mol. The molecule has 5 aromatic carbocycles. The van der Waals surface area contributed by atoms with E-state index in [9.17, 15) is 13.2 Å². The molecule has 0 unspecified atom stereocenters. The van der Waals surface area contributed by atoms with E-state index in [1.807, 2.05) is 66.3 Å². The zero-order valence-corrected chi connectivity index (χ0v) is 25.9. The normalized spacial score (nSPS) is 12.1. The van der Waals surface area contributed by atoms with Crippen LogP contribution in [0.15, 0.2) is 91.1 Å². The van der Waals surface area contributed by atoms with Gasteiger partial charge < -0.3 is 4.57 Å². The first-order valence-electron chi connectivity index (χ1n) is 15.0. The van der Waals surface area contributed by atoms with Crippen LogP contribution < -0.4 is 4.57 Å². The third kappa shape index (κ3) is 4.32. The molecule has 2 heterocycles. The molecule has 0 bridgehead atoms. The Kier molecular flexibility index (Phi) is 6.78. The Labute approximate surface area is 263 Å². The van der Waals surface area contributed by atoms with Gasteiger partial charge in [-0.05, 0) is 64.1 Å². The second kappa shape index (κ2) is 10.5. The van der Waals surface area contributed by atoms with Gasteiger partial charge in [0.15, 0.2) is 29.5 Å². The van der Waals surface area contributed by atoms with E-state index in [1.165, 1.54) is 23.1 Å². The summed E-state index contributed by atoms with van der Waals surface area (Å²) in [5, 5.41) is 3.96. The van der Waals surface area contributed by atoms with Gasteiger partial charge in [-0.1, -0.05) is 75.4 Å². The lowest BCUT2D eigenvalue weighted by atomic mass is 9.80. The summed E-state index contributed by atoms with van der Waals surface area (Å²) in [5.74, 6) is -9.88. The largest absolute Gasteiger partial charge is 0.303 e. The number of benzene rings is 5. The minimum absolute atomic E-state index is 0.122. The van der Waals surface area contributed by atoms with Gasteiger partial charge in [-0.15, -0.1) is 0 Å². The number of nitrogens with zero attached hydrogens (tertiary/aromatic N) is 2. The predicted octanol–water partition coefficient (Wildman–Crippen LogP) is 10.4. The van der Waals surface area contributed by atoms with Crippen molar-refractivity contribution in [2.75, 3.05) is 0 Å². The van der Waals surface area contributed by atoms with Crippen LogP contribution in [-0.4, -0.2) is 4.57 Å². The molecule has 0 N–H and O–H groups in total. The second-order valence-electron chi connectivity index (χ2n) is 12.8. The fourth-order valence-corrected chi connectivity index (χ4v) is 6.71. The highest BCUT2D eigenvalue weighted by Crippen LogP contribution is 2.43. The first kappa shape index (κ1) is 29.7. The first-order valence-corrected chi connectivity index (χ1v) is 15.0. The smallest absolute Gasteiger partial charge is 0.237 e. The van der Waals surface area contributed by atoms with Crippen LogP contribution in [0.3, 0.4) is 0 Å². The molecule has 0 amide bonds. The molecule has 46 heavy (non-hydrogen) atoms. The molecule has 7 aromatic rings. The molecule has 2 nitrogen and oxygen atoms in total. The van der Waals surface area contributed by atoms with Crippen LogP contribution in [0.4, 0.5) is 22.0 Å². The molecule has 0 aliphatic rings. The van der Waals surface area contributed by atoms with Crippen LogP contribution in [0.1, 0.15) is 31.9 Å². The monoisotopic (exact) mass is 621 g/mol. The standard InChI is InChI=1S/C39H30F5N2/c1-21-24-13-9-10-14-25(24)29(39(2,3)4)20-28(21)37-38-27(17-18-45(37)5)26-16-15-22(19-30(26)46(38)23-11-7-6-8-12-23)31-32(40)34(42)36(44)35(43)33(31)41/h6-20H,1-5H3/q+1. The van der Waals surface area contributed by atoms with Crippen molar-refractivity contribution in [1.82, 2.24) is 4.57 Å². The number of aryl methyl sites for hydroxylation is 2. The van der Waals surface area contributed by atoms with Gasteiger partial charge in [0.2, 0.25) is 11.5 Å². The number of aromatic nitrogens is 2. The molecule has 0 saturated heterocycles. The van der Waals surface area contributed by atoms with Crippen LogP contribution in [0.25, 0.3) is 60.6 Å². The maximum atomic E-state index is 15.0. The van der Waals surface area contributed by atoms with Crippen molar-refractivity contribution in [1.29, 1.82) is 0 Å². The van der Waals surface area contributed by atoms with Gasteiger partial charge in [-0.25, -0.2) is 22.0 Å². The Morgan fingerprint density at radius 2 is 1.24 bits per heavy atom. The van der Waals surface area contributed by atoms with Crippen LogP contribution in [0, 0.1) is 36.0 Å². The summed E-state index contributed by atoms with van der Waals surface area (Å²) >= 11 is 0. The number of hydrogen-bond donors (Lipinski definition) is 0. The second-order valence-corrected chi connectivity index (χ2v) is 12.8. The highest BCUT2D eigenvalue weighted by molar-refractivity contribution is 6.14. The van der Waals surface area contributed by atoms with Gasteiger partial charge in [-0.2, -0.15) is 4.57 Å². The van der Waals surface area contributed by atoms with Gasteiger partial charge >= 0.3 is 0 Å². The molecule has 0 saturated carbocycles. The van der Waals surface area contributed by atoms with Crippen molar-refractivity contribution < 1.29 is 26.5 Å². The molecule has 7 rings (SSSR count). The zero-order valence-electron chi connectivity index (χ0n) is 25.9. The average molecular weight is 622 g/mol. The van der Waals surface area contributed by atoms with Crippen molar-refractivity contribution >= 4 is 32.6 Å². The van der Waals surface area contributed by atoms with Crippen molar-refractivity contribution in [2.24, 2.45) is 7.05 Å². The number of rotatable bonds is 3. The number of fused-ring (bicyclic) bond motifs is 4. The lowest BCUT2D eigenvalue weighted by Crippen LogP contribution is -2.31. The summed E-state index contributed by atoms with van der Waals surface area (Å²) in [6.45, 7) is 8.68. The quantitative estimate of drug-likeness (QED) is 0.0804. The van der Waals surface area contributed by atoms with E-state index in [-0.39, 0.29) is 11.0 Å². The molecule has 0 aliphatic heterocycles. The Balaban J connectivity index is 1.65. The van der Waals surface area contributed by atoms with E-state index in [1.54, 1.807) is 6.07 Å². The average Bonchev–Trinajstić information content (AvgIpc) is 3.37. The number of halogens is 5. The van der Waals surface area contributed by atoms with Crippen LogP contribution in [0.2, 0.25) is 0 Å².